The quantitative estimate of drug-likeness (QED) is 0.0697. The molecule has 2 heterocycles. The molecule has 6 aromatic carbocycles. The summed E-state index contributed by atoms with van der Waals surface area (Å²) in [6, 6.07) is 56.7. The smallest absolute Gasteiger partial charge is 0.280 e. The van der Waals surface area contributed by atoms with Crippen molar-refractivity contribution < 1.29 is 14.2 Å². The first-order chi connectivity index (χ1) is 29.5. The maximum Gasteiger partial charge on any atom is 0.280 e. The van der Waals surface area contributed by atoms with Gasteiger partial charge in [0.05, 0.1) is 27.2 Å². The molecular formula is C50H46ClN5O4. The SMILES string of the molecule is COc1ccc(C(Nc2nc3c(ncn3CCC(CCl)COC(c3ccccc3)(c3ccccc3)c3ccc(OC)cc3)c(=O)[nH]2)(c2ccccc2)c2ccccc2)cc1. The lowest BCUT2D eigenvalue weighted by Gasteiger charge is -2.37. The van der Waals surface area contributed by atoms with E-state index in [9.17, 15) is 4.79 Å². The summed E-state index contributed by atoms with van der Waals surface area (Å²) in [4.78, 5) is 26.3. The summed E-state index contributed by atoms with van der Waals surface area (Å²) in [7, 11) is 3.31. The van der Waals surface area contributed by atoms with Crippen LogP contribution in [0.1, 0.15) is 39.8 Å². The van der Waals surface area contributed by atoms with Gasteiger partial charge in [-0.05, 0) is 70.0 Å². The van der Waals surface area contributed by atoms with Gasteiger partial charge < -0.3 is 24.1 Å². The minimum absolute atomic E-state index is 0.0624. The number of H-pyrrole nitrogens is 1. The van der Waals surface area contributed by atoms with Crippen molar-refractivity contribution in [1.82, 2.24) is 19.5 Å². The van der Waals surface area contributed by atoms with E-state index in [4.69, 9.17) is 30.8 Å². The lowest BCUT2D eigenvalue weighted by Crippen LogP contribution is -2.39. The molecule has 0 amide bonds. The van der Waals surface area contributed by atoms with Crippen molar-refractivity contribution in [3.05, 3.63) is 220 Å². The molecule has 9 nitrogen and oxygen atoms in total. The second kappa shape index (κ2) is 18.1. The molecule has 0 aliphatic heterocycles. The van der Waals surface area contributed by atoms with Crippen molar-refractivity contribution >= 4 is 28.7 Å². The first kappa shape index (κ1) is 40.1. The number of aromatic nitrogens is 4. The minimum Gasteiger partial charge on any atom is -0.497 e. The van der Waals surface area contributed by atoms with Crippen LogP contribution < -0.4 is 20.3 Å². The number of halogens is 1. The zero-order valence-corrected chi connectivity index (χ0v) is 34.3. The Kier molecular flexibility index (Phi) is 12.1. The molecule has 0 saturated carbocycles. The highest BCUT2D eigenvalue weighted by molar-refractivity contribution is 6.18. The van der Waals surface area contributed by atoms with E-state index in [1.807, 2.05) is 114 Å². The third-order valence-corrected chi connectivity index (χ3v) is 11.5. The lowest BCUT2D eigenvalue weighted by molar-refractivity contribution is -0.00652. The molecule has 1 atom stereocenters. The third kappa shape index (κ3) is 7.89. The average molecular weight is 816 g/mol. The number of hydrogen-bond acceptors (Lipinski definition) is 7. The van der Waals surface area contributed by atoms with E-state index in [-0.39, 0.29) is 17.0 Å². The largest absolute Gasteiger partial charge is 0.497 e. The van der Waals surface area contributed by atoms with Gasteiger partial charge in [0.2, 0.25) is 5.95 Å². The number of methoxy groups -OCH3 is 2. The predicted molar refractivity (Wildman–Crippen MR) is 238 cm³/mol. The molecule has 10 heteroatoms. The molecular weight excluding hydrogens is 770 g/mol. The topological polar surface area (TPSA) is 103 Å². The predicted octanol–water partition coefficient (Wildman–Crippen LogP) is 9.79. The highest BCUT2D eigenvalue weighted by atomic mass is 35.5. The zero-order valence-electron chi connectivity index (χ0n) is 33.5. The summed E-state index contributed by atoms with van der Waals surface area (Å²) in [6.07, 6.45) is 2.31. The molecule has 0 fully saturated rings. The van der Waals surface area contributed by atoms with Gasteiger partial charge >= 0.3 is 0 Å². The summed E-state index contributed by atoms with van der Waals surface area (Å²) in [5.74, 6) is 2.08. The van der Waals surface area contributed by atoms with Crippen LogP contribution in [0.5, 0.6) is 11.5 Å². The molecule has 2 aromatic heterocycles. The fraction of sp³-hybridized carbons (Fsp3) is 0.180. The van der Waals surface area contributed by atoms with Crippen LogP contribution in [0.25, 0.3) is 11.2 Å². The number of rotatable bonds is 17. The maximum absolute atomic E-state index is 13.8. The van der Waals surface area contributed by atoms with Crippen molar-refractivity contribution in [2.75, 3.05) is 32.0 Å². The fourth-order valence-corrected chi connectivity index (χ4v) is 8.22. The summed E-state index contributed by atoms with van der Waals surface area (Å²) in [5.41, 5.74) is 4.29. The number of aryl methyl sites for hydroxylation is 1. The normalized spacial score (nSPS) is 12.2. The van der Waals surface area contributed by atoms with Crippen LogP contribution in [0.15, 0.2) is 181 Å². The molecule has 0 aliphatic rings. The molecule has 0 saturated heterocycles. The number of nitrogens with one attached hydrogen (secondary N) is 2. The monoisotopic (exact) mass is 815 g/mol. The van der Waals surface area contributed by atoms with Gasteiger partial charge in [0, 0.05) is 12.4 Å². The molecule has 8 aromatic rings. The van der Waals surface area contributed by atoms with Crippen molar-refractivity contribution in [2.24, 2.45) is 5.92 Å². The van der Waals surface area contributed by atoms with E-state index >= 15 is 0 Å². The number of hydrogen-bond donors (Lipinski definition) is 2. The van der Waals surface area contributed by atoms with Crippen LogP contribution in [-0.4, -0.2) is 46.2 Å². The average Bonchev–Trinajstić information content (AvgIpc) is 3.74. The molecule has 0 aliphatic carbocycles. The van der Waals surface area contributed by atoms with E-state index in [1.165, 1.54) is 0 Å². The highest BCUT2D eigenvalue weighted by Crippen LogP contribution is 2.42. The van der Waals surface area contributed by atoms with Gasteiger partial charge in [0.1, 0.15) is 22.6 Å². The van der Waals surface area contributed by atoms with Crippen LogP contribution in [0.2, 0.25) is 0 Å². The number of alkyl halides is 1. The lowest BCUT2D eigenvalue weighted by atomic mass is 9.77. The van der Waals surface area contributed by atoms with E-state index in [0.717, 1.165) is 44.9 Å². The van der Waals surface area contributed by atoms with Crippen LogP contribution in [0.3, 0.4) is 0 Å². The summed E-state index contributed by atoms with van der Waals surface area (Å²) in [6.45, 7) is 0.853. The first-order valence-corrected chi connectivity index (χ1v) is 20.5. The molecule has 2 N–H and O–H groups in total. The number of imidazole rings is 1. The van der Waals surface area contributed by atoms with Crippen LogP contribution in [-0.2, 0) is 22.4 Å². The first-order valence-electron chi connectivity index (χ1n) is 19.9. The van der Waals surface area contributed by atoms with Crippen LogP contribution in [0.4, 0.5) is 5.95 Å². The second-order valence-electron chi connectivity index (χ2n) is 14.6. The Morgan fingerprint density at radius 2 is 1.10 bits per heavy atom. The number of anilines is 1. The van der Waals surface area contributed by atoms with Gasteiger partial charge in [-0.2, -0.15) is 4.98 Å². The van der Waals surface area contributed by atoms with Gasteiger partial charge in [0.15, 0.2) is 11.2 Å². The summed E-state index contributed by atoms with van der Waals surface area (Å²) < 4.78 is 20.1. The van der Waals surface area contributed by atoms with Gasteiger partial charge in [-0.25, -0.2) is 4.98 Å². The van der Waals surface area contributed by atoms with Crippen molar-refractivity contribution in [2.45, 2.75) is 24.1 Å². The Morgan fingerprint density at radius 1 is 0.650 bits per heavy atom. The number of nitrogens with zero attached hydrogens (tertiary/aromatic N) is 3. The standard InChI is InChI=1S/C50H46ClN5O4/c1-58-43-27-23-39(24-28-43)49(37-15-7-3-8-16-37,38-17-9-4-10-18-38)55-48-53-46-45(47(57)54-48)52-35-56(46)32-31-36(33-51)34-60-50(40-19-11-5-12-20-40,41-21-13-6-14-22-41)42-25-29-44(59-2)30-26-42/h3-30,35-36H,31-34H2,1-2H3,(H2,53,54,55,57). The molecule has 60 heavy (non-hydrogen) atoms. The number of ether oxygens (including phenoxy) is 3. The van der Waals surface area contributed by atoms with E-state index in [0.29, 0.717) is 37.0 Å². The van der Waals surface area contributed by atoms with Gasteiger partial charge in [-0.3, -0.25) is 9.78 Å². The summed E-state index contributed by atoms with van der Waals surface area (Å²) >= 11 is 6.74. The molecule has 0 spiro atoms. The number of fused-ring (bicyclic) bond motifs is 1. The highest BCUT2D eigenvalue weighted by Gasteiger charge is 2.39. The van der Waals surface area contributed by atoms with Crippen molar-refractivity contribution in [3.63, 3.8) is 0 Å². The van der Waals surface area contributed by atoms with E-state index in [2.05, 4.69) is 75.9 Å². The Hall–Kier alpha value is -6.68. The minimum atomic E-state index is -0.946. The molecule has 8 rings (SSSR count). The second-order valence-corrected chi connectivity index (χ2v) is 14.9. The Morgan fingerprint density at radius 3 is 1.58 bits per heavy atom. The summed E-state index contributed by atoms with van der Waals surface area (Å²) in [5, 5.41) is 3.70. The van der Waals surface area contributed by atoms with E-state index in [1.54, 1.807) is 20.5 Å². The zero-order chi connectivity index (χ0) is 41.4. The van der Waals surface area contributed by atoms with E-state index < -0.39 is 11.1 Å². The Labute approximate surface area is 354 Å². The molecule has 1 unspecified atom stereocenters. The molecule has 302 valence electrons. The van der Waals surface area contributed by atoms with Crippen LogP contribution >= 0.6 is 11.6 Å². The van der Waals surface area contributed by atoms with Gasteiger partial charge in [0.25, 0.3) is 5.56 Å². The van der Waals surface area contributed by atoms with Gasteiger partial charge in [-0.1, -0.05) is 146 Å². The Balaban J connectivity index is 1.12. The Bertz CT molecular complexity index is 2580. The van der Waals surface area contributed by atoms with Gasteiger partial charge in [-0.15, -0.1) is 11.6 Å². The molecule has 0 bridgehead atoms. The number of benzene rings is 6. The van der Waals surface area contributed by atoms with Crippen LogP contribution in [0, 0.1) is 5.92 Å². The number of aromatic amines is 1. The maximum atomic E-state index is 13.8. The third-order valence-electron chi connectivity index (χ3n) is 11.1. The van der Waals surface area contributed by atoms with Crippen molar-refractivity contribution in [1.29, 1.82) is 0 Å². The van der Waals surface area contributed by atoms with Crippen molar-refractivity contribution in [3.8, 4) is 11.5 Å². The fourth-order valence-electron chi connectivity index (χ4n) is 7.98. The molecule has 0 radical (unpaired) electrons.